The van der Waals surface area contributed by atoms with Crippen molar-refractivity contribution in [2.45, 2.75) is 64.5 Å². The van der Waals surface area contributed by atoms with Crippen molar-refractivity contribution in [2.75, 3.05) is 75.9 Å². The molecule has 62 heavy (non-hydrogen) atoms. The standard InChI is InChI=1S/2C21H30N6O4/c1-30-17-7-8-19(31-2)16(9-17)12-24-21-25-13-18(27(28)29)20(26-21)23-11-15-5-3-14(10-22)4-6-15;1-30-18-5-3-4-16(19(18)31-2)12-24-21-25-13-17(27(28)29)20(26-21)23-11-15-8-6-14(10-22)7-9-15/h7-9,13-15H,3-6,10-12,22H2,1-2H3,(H2,23,24,25,26);3-5,13-15H,6-12,22H2,1-2H3,(H2,23,24,25,26). The first-order valence-electron chi connectivity index (χ1n) is 20.9. The van der Waals surface area contributed by atoms with Crippen molar-refractivity contribution < 1.29 is 28.8 Å². The van der Waals surface area contributed by atoms with Gasteiger partial charge < -0.3 is 51.7 Å². The van der Waals surface area contributed by atoms with Crippen LogP contribution >= 0.6 is 0 Å². The maximum absolute atomic E-state index is 11.4. The lowest BCUT2D eigenvalue weighted by molar-refractivity contribution is -0.384. The number of rotatable bonds is 20. The average molecular weight is 861 g/mol. The van der Waals surface area contributed by atoms with Gasteiger partial charge in [-0.15, -0.1) is 0 Å². The largest absolute Gasteiger partial charge is 0.497 e. The summed E-state index contributed by atoms with van der Waals surface area (Å²) in [7, 11) is 6.34. The lowest BCUT2D eigenvalue weighted by Gasteiger charge is -2.27. The fourth-order valence-corrected chi connectivity index (χ4v) is 7.73. The van der Waals surface area contributed by atoms with E-state index in [-0.39, 0.29) is 23.0 Å². The lowest BCUT2D eigenvalue weighted by Crippen LogP contribution is -2.25. The zero-order chi connectivity index (χ0) is 44.4. The highest BCUT2D eigenvalue weighted by atomic mass is 16.6. The number of nitro groups is 2. The van der Waals surface area contributed by atoms with Crippen molar-refractivity contribution in [3.05, 3.63) is 80.1 Å². The van der Waals surface area contributed by atoms with E-state index >= 15 is 0 Å². The molecule has 0 bridgehead atoms. The zero-order valence-electron chi connectivity index (χ0n) is 35.9. The summed E-state index contributed by atoms with van der Waals surface area (Å²) < 4.78 is 21.4. The van der Waals surface area contributed by atoms with E-state index in [1.54, 1.807) is 28.4 Å². The van der Waals surface area contributed by atoms with Gasteiger partial charge in [-0.3, -0.25) is 20.2 Å². The van der Waals surface area contributed by atoms with Crippen LogP contribution in [0.5, 0.6) is 23.0 Å². The summed E-state index contributed by atoms with van der Waals surface area (Å²) in [6, 6.07) is 11.1. The van der Waals surface area contributed by atoms with Crippen LogP contribution in [0.15, 0.2) is 48.8 Å². The Balaban J connectivity index is 0.000000234. The van der Waals surface area contributed by atoms with Crippen LogP contribution in [-0.4, -0.2) is 84.4 Å². The Morgan fingerprint density at radius 2 is 1.10 bits per heavy atom. The van der Waals surface area contributed by atoms with Crippen LogP contribution in [0.2, 0.25) is 0 Å². The Morgan fingerprint density at radius 1 is 0.613 bits per heavy atom. The maximum Gasteiger partial charge on any atom is 0.329 e. The Bertz CT molecular complexity index is 1970. The van der Waals surface area contributed by atoms with Crippen LogP contribution in [0.3, 0.4) is 0 Å². The second-order valence-corrected chi connectivity index (χ2v) is 15.4. The number of nitrogens with zero attached hydrogens (tertiary/aromatic N) is 6. The predicted molar refractivity (Wildman–Crippen MR) is 237 cm³/mol. The van der Waals surface area contributed by atoms with E-state index in [0.29, 0.717) is 84.7 Å². The number of nitrogens with two attached hydrogens (primary N) is 2. The van der Waals surface area contributed by atoms with Gasteiger partial charge in [0.15, 0.2) is 11.5 Å². The van der Waals surface area contributed by atoms with Crippen molar-refractivity contribution >= 4 is 34.9 Å². The third kappa shape index (κ3) is 13.1. The van der Waals surface area contributed by atoms with Gasteiger partial charge in [0.2, 0.25) is 23.5 Å². The molecule has 0 aliphatic heterocycles. The molecule has 4 aromatic rings. The predicted octanol–water partition coefficient (Wildman–Crippen LogP) is 6.38. The fraction of sp³-hybridized carbons (Fsp3) is 0.524. The van der Waals surface area contributed by atoms with Crippen LogP contribution < -0.4 is 51.7 Å². The highest BCUT2D eigenvalue weighted by molar-refractivity contribution is 5.58. The molecule has 0 spiro atoms. The van der Waals surface area contributed by atoms with Crippen molar-refractivity contribution in [1.82, 2.24) is 19.9 Å². The van der Waals surface area contributed by atoms with Gasteiger partial charge in [-0.2, -0.15) is 9.97 Å². The smallest absolute Gasteiger partial charge is 0.329 e. The highest BCUT2D eigenvalue weighted by Gasteiger charge is 2.25. The van der Waals surface area contributed by atoms with Gasteiger partial charge in [0, 0.05) is 37.3 Å². The summed E-state index contributed by atoms with van der Waals surface area (Å²) >= 11 is 0. The summed E-state index contributed by atoms with van der Waals surface area (Å²) in [5.74, 6) is 5.77. The molecule has 0 amide bonds. The van der Waals surface area contributed by atoms with E-state index in [9.17, 15) is 20.2 Å². The Kier molecular flexibility index (Phi) is 17.8. The highest BCUT2D eigenvalue weighted by Crippen LogP contribution is 2.33. The van der Waals surface area contributed by atoms with Gasteiger partial charge in [0.25, 0.3) is 0 Å². The minimum Gasteiger partial charge on any atom is -0.497 e. The van der Waals surface area contributed by atoms with E-state index < -0.39 is 9.85 Å². The van der Waals surface area contributed by atoms with E-state index in [4.69, 9.17) is 30.4 Å². The number of ether oxygens (including phenoxy) is 4. The Hall–Kier alpha value is -6.28. The molecule has 0 radical (unpaired) electrons. The molecule has 8 N–H and O–H groups in total. The SMILES string of the molecule is COc1ccc(OC)c(CNc2ncc([N+](=O)[O-])c(NCC3CCC(CN)CC3)n2)c1.COc1cccc(CNc2ncc([N+](=O)[O-])c(NCC3CCC(CN)CC3)n2)c1OC. The van der Waals surface area contributed by atoms with Crippen LogP contribution in [0.1, 0.15) is 62.5 Å². The number of hydrogen-bond donors (Lipinski definition) is 6. The Morgan fingerprint density at radius 3 is 1.53 bits per heavy atom. The molecule has 336 valence electrons. The molecular weight excluding hydrogens is 801 g/mol. The van der Waals surface area contributed by atoms with Gasteiger partial charge in [-0.05, 0) is 112 Å². The zero-order valence-corrected chi connectivity index (χ0v) is 35.9. The molecule has 0 unspecified atom stereocenters. The molecule has 2 aromatic heterocycles. The molecule has 2 aliphatic carbocycles. The third-order valence-corrected chi connectivity index (χ3v) is 11.5. The first-order valence-corrected chi connectivity index (χ1v) is 20.9. The van der Waals surface area contributed by atoms with Crippen molar-refractivity contribution in [2.24, 2.45) is 35.1 Å². The number of nitrogens with one attached hydrogen (secondary N) is 4. The quantitative estimate of drug-likeness (QED) is 0.0415. The van der Waals surface area contributed by atoms with Crippen LogP contribution in [0, 0.1) is 43.9 Å². The van der Waals surface area contributed by atoms with Gasteiger partial charge >= 0.3 is 11.4 Å². The van der Waals surface area contributed by atoms with Crippen LogP contribution in [0.4, 0.5) is 34.9 Å². The molecule has 2 aliphatic rings. The van der Waals surface area contributed by atoms with E-state index in [1.165, 1.54) is 12.4 Å². The third-order valence-electron chi connectivity index (χ3n) is 11.5. The summed E-state index contributed by atoms with van der Waals surface area (Å²) in [6.07, 6.45) is 11.1. The molecular formula is C42H60N12O8. The minimum absolute atomic E-state index is 0.139. The first-order chi connectivity index (χ1) is 30.1. The van der Waals surface area contributed by atoms with Crippen molar-refractivity contribution in [3.8, 4) is 23.0 Å². The molecule has 2 heterocycles. The van der Waals surface area contributed by atoms with Crippen LogP contribution in [-0.2, 0) is 13.1 Å². The molecule has 0 saturated heterocycles. The van der Waals surface area contributed by atoms with Crippen molar-refractivity contribution in [1.29, 1.82) is 0 Å². The number of methoxy groups -OCH3 is 4. The van der Waals surface area contributed by atoms with Gasteiger partial charge in [-0.25, -0.2) is 9.97 Å². The molecule has 6 rings (SSSR count). The maximum atomic E-state index is 11.4. The molecule has 2 saturated carbocycles. The topological polar surface area (TPSA) is 275 Å². The lowest BCUT2D eigenvalue weighted by atomic mass is 9.82. The Labute approximate surface area is 361 Å². The number of benzene rings is 2. The minimum atomic E-state index is -0.470. The van der Waals surface area contributed by atoms with E-state index in [1.807, 2.05) is 36.4 Å². The van der Waals surface area contributed by atoms with Crippen molar-refractivity contribution in [3.63, 3.8) is 0 Å². The monoisotopic (exact) mass is 860 g/mol. The van der Waals surface area contributed by atoms with Gasteiger partial charge in [0.1, 0.15) is 23.9 Å². The molecule has 20 nitrogen and oxygen atoms in total. The van der Waals surface area contributed by atoms with Gasteiger partial charge in [0.05, 0.1) is 38.3 Å². The summed E-state index contributed by atoms with van der Waals surface area (Å²) in [5, 5.41) is 35.4. The summed E-state index contributed by atoms with van der Waals surface area (Å²) in [4.78, 5) is 38.8. The summed E-state index contributed by atoms with van der Waals surface area (Å²) in [5.41, 5.74) is 13.0. The molecule has 20 heteroatoms. The first kappa shape index (κ1) is 46.8. The molecule has 2 fully saturated rings. The summed E-state index contributed by atoms with van der Waals surface area (Å²) in [6.45, 7) is 3.48. The average Bonchev–Trinajstić information content (AvgIpc) is 3.31. The van der Waals surface area contributed by atoms with E-state index in [2.05, 4.69) is 41.2 Å². The molecule has 2 aromatic carbocycles. The second-order valence-electron chi connectivity index (χ2n) is 15.4. The normalized spacial score (nSPS) is 18.3. The van der Waals surface area contributed by atoms with E-state index in [0.717, 1.165) is 75.6 Å². The van der Waals surface area contributed by atoms with Gasteiger partial charge in [-0.1, -0.05) is 12.1 Å². The number of aromatic nitrogens is 4. The molecule has 0 atom stereocenters. The fourth-order valence-electron chi connectivity index (χ4n) is 7.73. The second kappa shape index (κ2) is 23.6. The number of hydrogen-bond acceptors (Lipinski definition) is 18. The van der Waals surface area contributed by atoms with Crippen LogP contribution in [0.25, 0.3) is 0 Å². The number of para-hydroxylation sites is 1. The number of anilines is 4.